The monoisotopic (exact) mass is 272 g/mol. The van der Waals surface area contributed by atoms with E-state index in [1.54, 1.807) is 0 Å². The van der Waals surface area contributed by atoms with E-state index in [-0.39, 0.29) is 0 Å². The fourth-order valence-electron chi connectivity index (χ4n) is 3.19. The van der Waals surface area contributed by atoms with Crippen LogP contribution in [-0.2, 0) is 4.74 Å². The third kappa shape index (κ3) is 5.03. The molecule has 1 heterocycles. The van der Waals surface area contributed by atoms with Gasteiger partial charge in [0.1, 0.15) is 0 Å². The van der Waals surface area contributed by atoms with Crippen molar-refractivity contribution in [1.82, 2.24) is 10.2 Å². The number of ether oxygens (including phenoxy) is 1. The molecule has 4 nitrogen and oxygen atoms in total. The zero-order valence-electron chi connectivity index (χ0n) is 13.2. The van der Waals surface area contributed by atoms with Crippen molar-refractivity contribution >= 4 is 0 Å². The summed E-state index contributed by atoms with van der Waals surface area (Å²) in [6.07, 6.45) is 3.84. The molecule has 0 spiro atoms. The predicted molar refractivity (Wildman–Crippen MR) is 79.4 cm³/mol. The topological polar surface area (TPSA) is 44.7 Å². The first-order chi connectivity index (χ1) is 8.99. The molecule has 0 aromatic carbocycles. The Morgan fingerprint density at radius 1 is 1.26 bits per heavy atom. The lowest BCUT2D eigenvalue weighted by molar-refractivity contribution is -0.0805. The molecule has 0 bridgehead atoms. The Morgan fingerprint density at radius 3 is 2.32 bits per heavy atom. The van der Waals surface area contributed by atoms with Crippen LogP contribution in [-0.4, -0.2) is 62.6 Å². The molecule has 0 aliphatic carbocycles. The fraction of sp³-hybridized carbons (Fsp3) is 1.00. The summed E-state index contributed by atoms with van der Waals surface area (Å²) in [5.41, 5.74) is -0.245. The van der Waals surface area contributed by atoms with Crippen LogP contribution in [0.25, 0.3) is 0 Å². The number of rotatable bonds is 8. The maximum absolute atomic E-state index is 10.6. The summed E-state index contributed by atoms with van der Waals surface area (Å²) < 4.78 is 5.34. The van der Waals surface area contributed by atoms with Crippen molar-refractivity contribution in [2.24, 2.45) is 5.41 Å². The first kappa shape index (κ1) is 16.9. The lowest BCUT2D eigenvalue weighted by Gasteiger charge is -2.40. The van der Waals surface area contributed by atoms with Crippen LogP contribution in [0, 0.1) is 5.41 Å². The van der Waals surface area contributed by atoms with Crippen molar-refractivity contribution in [3.8, 4) is 0 Å². The van der Waals surface area contributed by atoms with Gasteiger partial charge in [-0.1, -0.05) is 13.8 Å². The van der Waals surface area contributed by atoms with Gasteiger partial charge >= 0.3 is 0 Å². The second-order valence-corrected chi connectivity index (χ2v) is 6.25. The number of aliphatic hydroxyl groups is 1. The van der Waals surface area contributed by atoms with Crippen LogP contribution in [0.3, 0.4) is 0 Å². The minimum atomic E-state index is -0.556. The quantitative estimate of drug-likeness (QED) is 0.702. The smallest absolute Gasteiger partial charge is 0.0817 e. The van der Waals surface area contributed by atoms with E-state index in [9.17, 15) is 5.11 Å². The first-order valence-corrected chi connectivity index (χ1v) is 7.62. The number of hydrogen-bond acceptors (Lipinski definition) is 4. The Labute approximate surface area is 118 Å². The van der Waals surface area contributed by atoms with Crippen LogP contribution in [0.4, 0.5) is 0 Å². The lowest BCUT2D eigenvalue weighted by Crippen LogP contribution is -2.49. The third-order valence-corrected chi connectivity index (χ3v) is 4.64. The van der Waals surface area contributed by atoms with Gasteiger partial charge in [-0.05, 0) is 32.4 Å². The van der Waals surface area contributed by atoms with E-state index in [1.165, 1.54) is 0 Å². The van der Waals surface area contributed by atoms with Gasteiger partial charge in [-0.3, -0.25) is 0 Å². The van der Waals surface area contributed by atoms with Gasteiger partial charge in [-0.2, -0.15) is 0 Å². The normalized spacial score (nSPS) is 19.9. The fourth-order valence-corrected chi connectivity index (χ4v) is 3.19. The molecule has 1 aliphatic heterocycles. The largest absolute Gasteiger partial charge is 0.388 e. The molecule has 4 heteroatoms. The Bertz CT molecular complexity index is 249. The van der Waals surface area contributed by atoms with Gasteiger partial charge in [0, 0.05) is 45.7 Å². The van der Waals surface area contributed by atoms with Crippen LogP contribution in [0.1, 0.15) is 39.5 Å². The predicted octanol–water partition coefficient (Wildman–Crippen LogP) is 1.49. The maximum Gasteiger partial charge on any atom is 0.0817 e. The molecular weight excluding hydrogens is 240 g/mol. The average molecular weight is 272 g/mol. The molecule has 0 aromatic heterocycles. The third-order valence-electron chi connectivity index (χ3n) is 4.64. The molecule has 1 aliphatic rings. The molecule has 114 valence electrons. The summed E-state index contributed by atoms with van der Waals surface area (Å²) in [6, 6.07) is 0. The summed E-state index contributed by atoms with van der Waals surface area (Å²) in [6.45, 7) is 8.72. The number of nitrogens with one attached hydrogen (secondary N) is 1. The Balaban J connectivity index is 2.54. The van der Waals surface area contributed by atoms with Crippen molar-refractivity contribution in [2.75, 3.05) is 46.9 Å². The molecule has 2 N–H and O–H groups in total. The van der Waals surface area contributed by atoms with Gasteiger partial charge in [0.25, 0.3) is 0 Å². The van der Waals surface area contributed by atoms with E-state index >= 15 is 0 Å². The minimum Gasteiger partial charge on any atom is -0.388 e. The van der Waals surface area contributed by atoms with Crippen LogP contribution in [0.5, 0.6) is 0 Å². The molecule has 1 fully saturated rings. The van der Waals surface area contributed by atoms with Crippen molar-refractivity contribution in [3.63, 3.8) is 0 Å². The molecule has 0 aromatic rings. The molecule has 1 rings (SSSR count). The van der Waals surface area contributed by atoms with Gasteiger partial charge in [0.15, 0.2) is 0 Å². The van der Waals surface area contributed by atoms with Crippen molar-refractivity contribution in [1.29, 1.82) is 0 Å². The van der Waals surface area contributed by atoms with Gasteiger partial charge in [0.2, 0.25) is 0 Å². The summed E-state index contributed by atoms with van der Waals surface area (Å²) in [5.74, 6) is 0. The molecule has 0 atom stereocenters. The van der Waals surface area contributed by atoms with E-state index in [2.05, 4.69) is 31.1 Å². The standard InChI is InChI=1S/C15H32N2O2/c1-5-14(6-2,11-16-3)12-17(4)13-15(18)7-9-19-10-8-15/h16,18H,5-13H2,1-4H3. The molecule has 1 saturated heterocycles. The highest BCUT2D eigenvalue weighted by Crippen LogP contribution is 2.28. The summed E-state index contributed by atoms with van der Waals surface area (Å²) in [4.78, 5) is 2.30. The first-order valence-electron chi connectivity index (χ1n) is 7.62. The molecule has 19 heavy (non-hydrogen) atoms. The van der Waals surface area contributed by atoms with Gasteiger partial charge in [-0.25, -0.2) is 0 Å². The van der Waals surface area contributed by atoms with Crippen LogP contribution >= 0.6 is 0 Å². The lowest BCUT2D eigenvalue weighted by atomic mass is 9.81. The van der Waals surface area contributed by atoms with Gasteiger partial charge in [-0.15, -0.1) is 0 Å². The number of nitrogens with zero attached hydrogens (tertiary/aromatic N) is 1. The number of hydrogen-bond donors (Lipinski definition) is 2. The van der Waals surface area contributed by atoms with E-state index in [0.29, 0.717) is 18.6 Å². The summed E-state index contributed by atoms with van der Waals surface area (Å²) in [5, 5.41) is 13.9. The van der Waals surface area contributed by atoms with E-state index in [0.717, 1.165) is 45.3 Å². The van der Waals surface area contributed by atoms with E-state index in [1.807, 2.05) is 7.05 Å². The van der Waals surface area contributed by atoms with Crippen molar-refractivity contribution in [2.45, 2.75) is 45.1 Å². The minimum absolute atomic E-state index is 0.311. The van der Waals surface area contributed by atoms with E-state index < -0.39 is 5.60 Å². The zero-order valence-corrected chi connectivity index (χ0v) is 13.2. The molecule has 0 unspecified atom stereocenters. The Morgan fingerprint density at radius 2 is 1.84 bits per heavy atom. The average Bonchev–Trinajstić information content (AvgIpc) is 2.38. The molecular formula is C15H32N2O2. The molecule has 0 saturated carbocycles. The molecule has 0 radical (unpaired) electrons. The van der Waals surface area contributed by atoms with Crippen molar-refractivity contribution < 1.29 is 9.84 Å². The van der Waals surface area contributed by atoms with Crippen LogP contribution < -0.4 is 5.32 Å². The van der Waals surface area contributed by atoms with Crippen LogP contribution in [0.15, 0.2) is 0 Å². The Hall–Kier alpha value is -0.160. The highest BCUT2D eigenvalue weighted by Gasteiger charge is 2.34. The second-order valence-electron chi connectivity index (χ2n) is 6.25. The Kier molecular flexibility index (Phi) is 6.74. The second kappa shape index (κ2) is 7.58. The zero-order chi connectivity index (χ0) is 14.4. The van der Waals surface area contributed by atoms with Crippen LogP contribution in [0.2, 0.25) is 0 Å². The summed E-state index contributed by atoms with van der Waals surface area (Å²) in [7, 11) is 4.15. The maximum atomic E-state index is 10.6. The van der Waals surface area contributed by atoms with Gasteiger partial charge in [0.05, 0.1) is 5.60 Å². The SMILES string of the molecule is CCC(CC)(CNC)CN(C)CC1(O)CCOCC1. The van der Waals surface area contributed by atoms with Crippen molar-refractivity contribution in [3.05, 3.63) is 0 Å². The highest BCUT2D eigenvalue weighted by atomic mass is 16.5. The summed E-state index contributed by atoms with van der Waals surface area (Å²) >= 11 is 0. The highest BCUT2D eigenvalue weighted by molar-refractivity contribution is 4.87. The number of likely N-dealkylation sites (N-methyl/N-ethyl adjacent to an activating group) is 1. The van der Waals surface area contributed by atoms with Gasteiger partial charge < -0.3 is 20.1 Å². The van der Waals surface area contributed by atoms with E-state index in [4.69, 9.17) is 4.74 Å². The molecule has 0 amide bonds.